The molecule has 0 radical (unpaired) electrons. The summed E-state index contributed by atoms with van der Waals surface area (Å²) in [7, 11) is 0. The first-order valence-electron chi connectivity index (χ1n) is 6.56. The number of nitrogens with one attached hydrogen (secondary N) is 1. The Kier molecular flexibility index (Phi) is 3.14. The number of benzene rings is 1. The SMILES string of the molecule is Cc1ccc(-c2nnco2)cc1NC(=O)N1CC(C)C1. The highest BCUT2D eigenvalue weighted by atomic mass is 16.4. The number of amides is 2. The lowest BCUT2D eigenvalue weighted by atomic mass is 10.0. The molecule has 1 aliphatic rings. The molecule has 1 aromatic carbocycles. The number of hydrogen-bond donors (Lipinski definition) is 1. The van der Waals surface area contributed by atoms with Gasteiger partial charge >= 0.3 is 6.03 Å². The molecule has 2 aromatic rings. The summed E-state index contributed by atoms with van der Waals surface area (Å²) in [5, 5.41) is 10.5. The fourth-order valence-electron chi connectivity index (χ4n) is 2.25. The highest BCUT2D eigenvalue weighted by molar-refractivity contribution is 5.91. The van der Waals surface area contributed by atoms with E-state index in [0.717, 1.165) is 29.9 Å². The molecule has 0 atom stereocenters. The molecule has 1 fully saturated rings. The summed E-state index contributed by atoms with van der Waals surface area (Å²) in [5.74, 6) is 1.03. The first-order chi connectivity index (χ1) is 9.63. The van der Waals surface area contributed by atoms with Crippen molar-refractivity contribution in [1.29, 1.82) is 0 Å². The van der Waals surface area contributed by atoms with Gasteiger partial charge in [-0.25, -0.2) is 4.79 Å². The molecule has 1 N–H and O–H groups in total. The van der Waals surface area contributed by atoms with Gasteiger partial charge in [0.2, 0.25) is 12.3 Å². The van der Waals surface area contributed by atoms with Crippen molar-refractivity contribution in [1.82, 2.24) is 15.1 Å². The summed E-state index contributed by atoms with van der Waals surface area (Å²) in [6.45, 7) is 5.71. The van der Waals surface area contributed by atoms with E-state index in [9.17, 15) is 4.79 Å². The molecule has 0 unspecified atom stereocenters. The molecule has 1 aliphatic heterocycles. The van der Waals surface area contributed by atoms with Crippen LogP contribution in [0.4, 0.5) is 10.5 Å². The maximum absolute atomic E-state index is 12.1. The zero-order valence-corrected chi connectivity index (χ0v) is 11.5. The second-order valence-electron chi connectivity index (χ2n) is 5.21. The van der Waals surface area contributed by atoms with Crippen LogP contribution in [0.5, 0.6) is 0 Å². The molecule has 2 amide bonds. The van der Waals surface area contributed by atoms with Crippen molar-refractivity contribution in [2.75, 3.05) is 18.4 Å². The first kappa shape index (κ1) is 12.7. The maximum atomic E-state index is 12.1. The third-order valence-electron chi connectivity index (χ3n) is 3.44. The molecule has 0 spiro atoms. The summed E-state index contributed by atoms with van der Waals surface area (Å²) in [6.07, 6.45) is 1.29. The Hall–Kier alpha value is -2.37. The van der Waals surface area contributed by atoms with Crippen molar-refractivity contribution in [2.24, 2.45) is 5.92 Å². The highest BCUT2D eigenvalue weighted by Crippen LogP contribution is 2.25. The number of hydrogen-bond acceptors (Lipinski definition) is 4. The van der Waals surface area contributed by atoms with Crippen LogP contribution in [0.3, 0.4) is 0 Å². The van der Waals surface area contributed by atoms with Crippen LogP contribution in [0.25, 0.3) is 11.5 Å². The first-order valence-corrected chi connectivity index (χ1v) is 6.56. The highest BCUT2D eigenvalue weighted by Gasteiger charge is 2.27. The smallest absolute Gasteiger partial charge is 0.321 e. The van der Waals surface area contributed by atoms with Gasteiger partial charge in [0.1, 0.15) is 0 Å². The van der Waals surface area contributed by atoms with E-state index in [1.54, 1.807) is 4.90 Å². The van der Waals surface area contributed by atoms with Crippen LogP contribution in [-0.4, -0.2) is 34.2 Å². The quantitative estimate of drug-likeness (QED) is 0.911. The standard InChI is InChI=1S/C14H16N4O2/c1-9-6-18(7-9)14(19)16-12-5-11(4-3-10(12)2)13-17-15-8-20-13/h3-5,8-9H,6-7H2,1-2H3,(H,16,19). The van der Waals surface area contributed by atoms with Crippen molar-refractivity contribution in [3.8, 4) is 11.5 Å². The second kappa shape index (κ2) is 4.96. The molecule has 1 aromatic heterocycles. The summed E-state index contributed by atoms with van der Waals surface area (Å²) in [4.78, 5) is 13.8. The van der Waals surface area contributed by atoms with E-state index in [-0.39, 0.29) is 6.03 Å². The van der Waals surface area contributed by atoms with Crippen LogP contribution in [0, 0.1) is 12.8 Å². The maximum Gasteiger partial charge on any atom is 0.321 e. The molecular weight excluding hydrogens is 256 g/mol. The van der Waals surface area contributed by atoms with Gasteiger partial charge in [0.15, 0.2) is 0 Å². The average molecular weight is 272 g/mol. The second-order valence-corrected chi connectivity index (χ2v) is 5.21. The van der Waals surface area contributed by atoms with E-state index >= 15 is 0 Å². The van der Waals surface area contributed by atoms with Gasteiger partial charge in [-0.15, -0.1) is 10.2 Å². The minimum atomic E-state index is -0.0612. The Morgan fingerprint density at radius 2 is 2.25 bits per heavy atom. The van der Waals surface area contributed by atoms with E-state index < -0.39 is 0 Å². The Morgan fingerprint density at radius 3 is 2.90 bits per heavy atom. The van der Waals surface area contributed by atoms with Gasteiger partial charge in [-0.1, -0.05) is 13.0 Å². The van der Waals surface area contributed by atoms with Crippen molar-refractivity contribution >= 4 is 11.7 Å². The molecule has 3 rings (SSSR count). The van der Waals surface area contributed by atoms with Crippen LogP contribution in [0.2, 0.25) is 0 Å². The van der Waals surface area contributed by atoms with Crippen molar-refractivity contribution in [3.05, 3.63) is 30.2 Å². The summed E-state index contributed by atoms with van der Waals surface area (Å²) < 4.78 is 5.17. The van der Waals surface area contributed by atoms with Gasteiger partial charge in [-0.05, 0) is 30.5 Å². The van der Waals surface area contributed by atoms with E-state index in [2.05, 4.69) is 22.4 Å². The van der Waals surface area contributed by atoms with Crippen LogP contribution in [0.15, 0.2) is 29.0 Å². The number of rotatable bonds is 2. The van der Waals surface area contributed by atoms with Gasteiger partial charge < -0.3 is 14.6 Å². The summed E-state index contributed by atoms with van der Waals surface area (Å²) >= 11 is 0. The normalized spacial score (nSPS) is 15.0. The molecule has 6 heteroatoms. The zero-order chi connectivity index (χ0) is 14.1. The number of carbonyl (C=O) groups is 1. The molecule has 0 bridgehead atoms. The van der Waals surface area contributed by atoms with Crippen molar-refractivity contribution < 1.29 is 9.21 Å². The van der Waals surface area contributed by atoms with Gasteiger partial charge in [-0.2, -0.15) is 0 Å². The average Bonchev–Trinajstić information content (AvgIpc) is 2.91. The molecule has 2 heterocycles. The monoisotopic (exact) mass is 272 g/mol. The summed E-state index contributed by atoms with van der Waals surface area (Å²) in [6, 6.07) is 5.61. The van der Waals surface area contributed by atoms with Crippen molar-refractivity contribution in [3.63, 3.8) is 0 Å². The minimum absolute atomic E-state index is 0.0612. The van der Waals surface area contributed by atoms with Crippen LogP contribution in [-0.2, 0) is 0 Å². The molecule has 20 heavy (non-hydrogen) atoms. The van der Waals surface area contributed by atoms with E-state index in [1.807, 2.05) is 25.1 Å². The molecular formula is C14H16N4O2. The molecule has 104 valence electrons. The Bertz CT molecular complexity index is 618. The van der Waals surface area contributed by atoms with Crippen LogP contribution < -0.4 is 5.32 Å². The van der Waals surface area contributed by atoms with E-state index in [1.165, 1.54) is 6.39 Å². The fourth-order valence-corrected chi connectivity index (χ4v) is 2.25. The number of urea groups is 1. The predicted molar refractivity (Wildman–Crippen MR) is 74.2 cm³/mol. The number of carbonyl (C=O) groups excluding carboxylic acids is 1. The summed E-state index contributed by atoms with van der Waals surface area (Å²) in [5.41, 5.74) is 2.56. The van der Waals surface area contributed by atoms with E-state index in [0.29, 0.717) is 11.8 Å². The van der Waals surface area contributed by atoms with E-state index in [4.69, 9.17) is 4.42 Å². The molecule has 6 nitrogen and oxygen atoms in total. The molecule has 0 saturated carbocycles. The Balaban J connectivity index is 1.78. The van der Waals surface area contributed by atoms with Crippen molar-refractivity contribution in [2.45, 2.75) is 13.8 Å². The third-order valence-corrected chi connectivity index (χ3v) is 3.44. The number of aryl methyl sites for hydroxylation is 1. The topological polar surface area (TPSA) is 71.3 Å². The lowest BCUT2D eigenvalue weighted by Gasteiger charge is -2.37. The van der Waals surface area contributed by atoms with Gasteiger partial charge in [0.25, 0.3) is 0 Å². The molecule has 0 aliphatic carbocycles. The van der Waals surface area contributed by atoms with Gasteiger partial charge in [0.05, 0.1) is 0 Å². The number of aromatic nitrogens is 2. The molecule has 1 saturated heterocycles. The Morgan fingerprint density at radius 1 is 1.45 bits per heavy atom. The predicted octanol–water partition coefficient (Wildman–Crippen LogP) is 2.53. The van der Waals surface area contributed by atoms with Gasteiger partial charge in [0, 0.05) is 24.3 Å². The largest absolute Gasteiger partial charge is 0.423 e. The van der Waals surface area contributed by atoms with Gasteiger partial charge in [-0.3, -0.25) is 0 Å². The lowest BCUT2D eigenvalue weighted by molar-refractivity contribution is 0.141. The fraction of sp³-hybridized carbons (Fsp3) is 0.357. The third kappa shape index (κ3) is 2.36. The number of nitrogens with zero attached hydrogens (tertiary/aromatic N) is 3. The number of likely N-dealkylation sites (tertiary alicyclic amines) is 1. The van der Waals surface area contributed by atoms with Crippen LogP contribution >= 0.6 is 0 Å². The zero-order valence-electron chi connectivity index (χ0n) is 11.5. The lowest BCUT2D eigenvalue weighted by Crippen LogP contribution is -2.50. The number of anilines is 1. The minimum Gasteiger partial charge on any atom is -0.423 e. The van der Waals surface area contributed by atoms with Crippen LogP contribution in [0.1, 0.15) is 12.5 Å². The Labute approximate surface area is 116 Å².